The molecule has 4 aliphatic rings. The van der Waals surface area contributed by atoms with Crippen LogP contribution in [0.1, 0.15) is 57.8 Å². The summed E-state index contributed by atoms with van der Waals surface area (Å²) in [6.45, 7) is 0. The van der Waals surface area contributed by atoms with Crippen LogP contribution in [0.5, 0.6) is 0 Å². The van der Waals surface area contributed by atoms with E-state index in [1.807, 2.05) is 0 Å². The van der Waals surface area contributed by atoms with Crippen molar-refractivity contribution in [2.45, 2.75) is 68.9 Å². The number of fused-ring (bicyclic) bond motifs is 3. The molecule has 4 saturated carbocycles. The third-order valence-corrected chi connectivity index (χ3v) is 5.50. The van der Waals surface area contributed by atoms with Crippen molar-refractivity contribution in [3.8, 4) is 0 Å². The summed E-state index contributed by atoms with van der Waals surface area (Å²) in [5, 5.41) is 10.8. The quantitative estimate of drug-likeness (QED) is 0.695. The largest absolute Gasteiger partial charge is 0.388 e. The van der Waals surface area contributed by atoms with Crippen molar-refractivity contribution in [3.63, 3.8) is 0 Å². The average molecular weight is 209 g/mol. The Kier molecular flexibility index (Phi) is 2.16. The zero-order valence-corrected chi connectivity index (χ0v) is 9.54. The molecule has 1 atom stereocenters. The highest BCUT2D eigenvalue weighted by atomic mass is 16.3. The third-order valence-electron chi connectivity index (χ3n) is 5.50. The van der Waals surface area contributed by atoms with Crippen LogP contribution in [-0.2, 0) is 0 Å². The molecule has 15 heavy (non-hydrogen) atoms. The Morgan fingerprint density at radius 3 is 2.07 bits per heavy atom. The minimum atomic E-state index is -0.517. The van der Waals surface area contributed by atoms with Crippen LogP contribution in [0.15, 0.2) is 0 Å². The first-order chi connectivity index (χ1) is 7.14. The maximum Gasteiger partial charge on any atom is 0.0829 e. The molecule has 4 fully saturated rings. The second kappa shape index (κ2) is 3.21. The van der Waals surface area contributed by atoms with Crippen molar-refractivity contribution in [3.05, 3.63) is 0 Å². The van der Waals surface area contributed by atoms with Gasteiger partial charge in [0.25, 0.3) is 0 Å². The van der Waals surface area contributed by atoms with Crippen molar-refractivity contribution in [1.29, 1.82) is 0 Å². The van der Waals surface area contributed by atoms with Crippen molar-refractivity contribution in [2.75, 3.05) is 0 Å². The molecular formula is C13H23NO. The van der Waals surface area contributed by atoms with Gasteiger partial charge in [-0.3, -0.25) is 0 Å². The summed E-state index contributed by atoms with van der Waals surface area (Å²) in [5.74, 6) is 1.41. The summed E-state index contributed by atoms with van der Waals surface area (Å²) in [5.41, 5.74) is 5.89. The summed E-state index contributed by atoms with van der Waals surface area (Å²) >= 11 is 0. The summed E-state index contributed by atoms with van der Waals surface area (Å²) in [7, 11) is 0. The monoisotopic (exact) mass is 209 g/mol. The molecule has 0 aromatic carbocycles. The van der Waals surface area contributed by atoms with E-state index in [1.165, 1.54) is 38.5 Å². The van der Waals surface area contributed by atoms with Gasteiger partial charge in [0.2, 0.25) is 0 Å². The predicted octanol–water partition coefficient (Wildman–Crippen LogP) is 2.20. The summed E-state index contributed by atoms with van der Waals surface area (Å²) in [6.07, 6.45) is 10.6. The van der Waals surface area contributed by atoms with Crippen LogP contribution < -0.4 is 5.73 Å². The SMILES string of the molecule is NC1(C2(O)CCCC2)CC2CCC1CC2. The van der Waals surface area contributed by atoms with Gasteiger partial charge in [0.15, 0.2) is 0 Å². The van der Waals surface area contributed by atoms with Crippen LogP contribution >= 0.6 is 0 Å². The van der Waals surface area contributed by atoms with Gasteiger partial charge in [-0.25, -0.2) is 0 Å². The molecule has 0 aromatic rings. The van der Waals surface area contributed by atoms with E-state index in [9.17, 15) is 5.11 Å². The lowest BCUT2D eigenvalue weighted by Crippen LogP contribution is -2.67. The van der Waals surface area contributed by atoms with Gasteiger partial charge in [-0.15, -0.1) is 0 Å². The molecule has 2 bridgehead atoms. The molecule has 0 amide bonds. The van der Waals surface area contributed by atoms with E-state index in [2.05, 4.69) is 0 Å². The van der Waals surface area contributed by atoms with Crippen LogP contribution in [0.2, 0.25) is 0 Å². The molecule has 86 valence electrons. The van der Waals surface area contributed by atoms with Crippen molar-refractivity contribution in [1.82, 2.24) is 0 Å². The fourth-order valence-corrected chi connectivity index (χ4v) is 4.52. The van der Waals surface area contributed by atoms with E-state index in [4.69, 9.17) is 5.73 Å². The first-order valence-electron chi connectivity index (χ1n) is 6.65. The smallest absolute Gasteiger partial charge is 0.0829 e. The first kappa shape index (κ1) is 10.1. The molecule has 4 rings (SSSR count). The van der Waals surface area contributed by atoms with Gasteiger partial charge in [-0.2, -0.15) is 0 Å². The van der Waals surface area contributed by atoms with Gasteiger partial charge in [0, 0.05) is 5.54 Å². The van der Waals surface area contributed by atoms with Crippen molar-refractivity contribution >= 4 is 0 Å². The Balaban J connectivity index is 1.89. The fraction of sp³-hybridized carbons (Fsp3) is 1.00. The van der Waals surface area contributed by atoms with Crippen LogP contribution in [0.25, 0.3) is 0 Å². The number of nitrogens with two attached hydrogens (primary N) is 1. The molecule has 4 aliphatic carbocycles. The van der Waals surface area contributed by atoms with E-state index < -0.39 is 5.60 Å². The van der Waals surface area contributed by atoms with Crippen molar-refractivity contribution in [2.24, 2.45) is 17.6 Å². The Bertz CT molecular complexity index is 251. The molecule has 0 radical (unpaired) electrons. The lowest BCUT2D eigenvalue weighted by atomic mass is 9.55. The standard InChI is InChI=1S/C13H23NO/c14-13(12(15)7-1-2-8-12)9-10-3-5-11(13)6-4-10/h10-11,15H,1-9,14H2. The van der Waals surface area contributed by atoms with Gasteiger partial charge in [-0.05, 0) is 43.9 Å². The summed E-state index contributed by atoms with van der Waals surface area (Å²) < 4.78 is 0. The number of hydrogen-bond acceptors (Lipinski definition) is 2. The summed E-state index contributed by atoms with van der Waals surface area (Å²) in [4.78, 5) is 0. The highest BCUT2D eigenvalue weighted by molar-refractivity contribution is 5.13. The van der Waals surface area contributed by atoms with Gasteiger partial charge in [0.1, 0.15) is 0 Å². The van der Waals surface area contributed by atoms with Crippen LogP contribution in [0.3, 0.4) is 0 Å². The highest BCUT2D eigenvalue weighted by Crippen LogP contribution is 2.54. The zero-order valence-electron chi connectivity index (χ0n) is 9.54. The molecule has 0 saturated heterocycles. The molecule has 2 nitrogen and oxygen atoms in total. The van der Waals surface area contributed by atoms with Crippen molar-refractivity contribution < 1.29 is 5.11 Å². The highest BCUT2D eigenvalue weighted by Gasteiger charge is 2.57. The maximum absolute atomic E-state index is 10.8. The first-order valence-corrected chi connectivity index (χ1v) is 6.65. The minimum Gasteiger partial charge on any atom is -0.388 e. The topological polar surface area (TPSA) is 46.2 Å². The molecule has 0 heterocycles. The maximum atomic E-state index is 10.8. The lowest BCUT2D eigenvalue weighted by molar-refractivity contribution is -0.102. The van der Waals surface area contributed by atoms with Crippen LogP contribution in [0, 0.1) is 11.8 Å². The molecule has 0 aliphatic heterocycles. The fourth-order valence-electron chi connectivity index (χ4n) is 4.52. The van der Waals surface area contributed by atoms with E-state index in [0.717, 1.165) is 25.2 Å². The van der Waals surface area contributed by atoms with E-state index in [0.29, 0.717) is 5.92 Å². The molecule has 2 heteroatoms. The molecular weight excluding hydrogens is 186 g/mol. The Hall–Kier alpha value is -0.0800. The molecule has 3 N–H and O–H groups in total. The third kappa shape index (κ3) is 1.31. The van der Waals surface area contributed by atoms with Gasteiger partial charge in [-0.1, -0.05) is 25.7 Å². The van der Waals surface area contributed by atoms with Gasteiger partial charge < -0.3 is 10.8 Å². The number of rotatable bonds is 1. The van der Waals surface area contributed by atoms with E-state index in [1.54, 1.807) is 0 Å². The summed E-state index contributed by atoms with van der Waals surface area (Å²) in [6, 6.07) is 0. The predicted molar refractivity (Wildman–Crippen MR) is 60.4 cm³/mol. The number of aliphatic hydroxyl groups is 1. The normalized spacial score (nSPS) is 48.4. The lowest BCUT2D eigenvalue weighted by Gasteiger charge is -2.56. The van der Waals surface area contributed by atoms with E-state index in [-0.39, 0.29) is 5.54 Å². The second-order valence-corrected chi connectivity index (χ2v) is 6.20. The number of hydrogen-bond donors (Lipinski definition) is 2. The van der Waals surface area contributed by atoms with Crippen LogP contribution in [0.4, 0.5) is 0 Å². The molecule has 1 unspecified atom stereocenters. The van der Waals surface area contributed by atoms with Crippen LogP contribution in [-0.4, -0.2) is 16.2 Å². The molecule has 0 spiro atoms. The second-order valence-electron chi connectivity index (χ2n) is 6.20. The average Bonchev–Trinajstić information content (AvgIpc) is 2.68. The Labute approximate surface area is 92.2 Å². The van der Waals surface area contributed by atoms with Gasteiger partial charge >= 0.3 is 0 Å². The zero-order chi connectivity index (χ0) is 10.5. The molecule has 0 aromatic heterocycles. The Morgan fingerprint density at radius 1 is 1.00 bits per heavy atom. The van der Waals surface area contributed by atoms with Gasteiger partial charge in [0.05, 0.1) is 5.60 Å². The van der Waals surface area contributed by atoms with E-state index >= 15 is 0 Å². The Morgan fingerprint density at radius 2 is 1.60 bits per heavy atom. The minimum absolute atomic E-state index is 0.231.